The highest BCUT2D eigenvalue weighted by molar-refractivity contribution is 6.14. The van der Waals surface area contributed by atoms with Gasteiger partial charge in [-0.1, -0.05) is 168 Å². The monoisotopic (exact) mass is 1040 g/mol. The summed E-state index contributed by atoms with van der Waals surface area (Å²) in [5.74, 6) is 0. The first-order valence-corrected chi connectivity index (χ1v) is 26.6. The van der Waals surface area contributed by atoms with Crippen molar-refractivity contribution >= 4 is 43.6 Å². The largest absolute Gasteiger partial charge is 0.417 e. The van der Waals surface area contributed by atoms with Gasteiger partial charge in [0, 0.05) is 32.7 Å². The molecule has 0 saturated carbocycles. The van der Waals surface area contributed by atoms with Crippen LogP contribution in [0, 0.1) is 50.4 Å². The highest BCUT2D eigenvalue weighted by atomic mass is 19.4. The van der Waals surface area contributed by atoms with Gasteiger partial charge in [-0.3, -0.25) is 0 Å². The topological polar surface area (TPSA) is 57.4 Å². The molecule has 0 aliphatic heterocycles. The summed E-state index contributed by atoms with van der Waals surface area (Å²) in [6.45, 7) is 8.30. The molecule has 0 fully saturated rings. The SMILES string of the molecule is Cc1ccc(-c2ccc3c(c2)c2cc(-c4ccc(C)cc4)ccc2n3-c2cc(C#N)ccc2-c2ccc(-c3ccc(C#N)cc3C(F)(F)F)cc2-n2c3ccc(-c4ccc(C)cc4)cc3c3cc(-c4ccc(C)cc4)ccc32)cc1. The highest BCUT2D eigenvalue weighted by Gasteiger charge is 2.34. The Kier molecular flexibility index (Phi) is 11.9. The van der Waals surface area contributed by atoms with Crippen molar-refractivity contribution in [2.45, 2.75) is 33.9 Å². The molecule has 4 nitrogen and oxygen atoms in total. The maximum absolute atomic E-state index is 15.3. The van der Waals surface area contributed by atoms with Gasteiger partial charge in [0.1, 0.15) is 0 Å². The van der Waals surface area contributed by atoms with Gasteiger partial charge >= 0.3 is 6.18 Å². The van der Waals surface area contributed by atoms with Crippen LogP contribution in [-0.2, 0) is 6.18 Å². The van der Waals surface area contributed by atoms with E-state index in [1.807, 2.05) is 36.4 Å². The summed E-state index contributed by atoms with van der Waals surface area (Å²) >= 11 is 0. The second-order valence-electron chi connectivity index (χ2n) is 21.0. The van der Waals surface area contributed by atoms with E-state index in [0.717, 1.165) is 122 Å². The quantitative estimate of drug-likeness (QED) is 0.152. The lowest BCUT2D eigenvalue weighted by Crippen LogP contribution is -2.08. The predicted octanol–water partition coefficient (Wildman–Crippen LogP) is 19.9. The van der Waals surface area contributed by atoms with Crippen LogP contribution in [0.2, 0.25) is 0 Å². The van der Waals surface area contributed by atoms with E-state index < -0.39 is 11.7 Å². The Hall–Kier alpha value is -10.2. The number of benzene rings is 11. The summed E-state index contributed by atoms with van der Waals surface area (Å²) in [6, 6.07) is 79.2. The van der Waals surface area contributed by atoms with Crippen LogP contribution in [0.25, 0.3) is 122 Å². The summed E-state index contributed by atoms with van der Waals surface area (Å²) in [5, 5.41) is 24.5. The van der Waals surface area contributed by atoms with Gasteiger partial charge in [0.2, 0.25) is 0 Å². The zero-order chi connectivity index (χ0) is 55.0. The highest BCUT2D eigenvalue weighted by Crippen LogP contribution is 2.46. The van der Waals surface area contributed by atoms with Gasteiger partial charge < -0.3 is 9.13 Å². The normalized spacial score (nSPS) is 11.7. The van der Waals surface area contributed by atoms with E-state index in [-0.39, 0.29) is 11.1 Å². The van der Waals surface area contributed by atoms with Crippen molar-refractivity contribution in [2.75, 3.05) is 0 Å². The number of hydrogen-bond donors (Lipinski definition) is 0. The Balaban J connectivity index is 1.12. The lowest BCUT2D eigenvalue weighted by molar-refractivity contribution is -0.137. The molecule has 0 radical (unpaired) electrons. The smallest absolute Gasteiger partial charge is 0.309 e. The average molecular weight is 1040 g/mol. The van der Waals surface area contributed by atoms with E-state index in [1.165, 1.54) is 23.3 Å². The molecule has 7 heteroatoms. The molecule has 0 aliphatic rings. The van der Waals surface area contributed by atoms with Crippen LogP contribution < -0.4 is 0 Å². The van der Waals surface area contributed by atoms with E-state index >= 15 is 13.2 Å². The van der Waals surface area contributed by atoms with Crippen molar-refractivity contribution in [2.24, 2.45) is 0 Å². The number of aryl methyl sites for hydroxylation is 4. The van der Waals surface area contributed by atoms with Gasteiger partial charge in [0.15, 0.2) is 0 Å². The molecule has 0 saturated heterocycles. The van der Waals surface area contributed by atoms with Gasteiger partial charge in [0.25, 0.3) is 0 Å². The van der Waals surface area contributed by atoms with Crippen LogP contribution in [0.15, 0.2) is 224 Å². The van der Waals surface area contributed by atoms with Crippen LogP contribution >= 0.6 is 0 Å². The van der Waals surface area contributed by atoms with Gasteiger partial charge in [0.05, 0.1) is 62.3 Å². The molecule has 13 rings (SSSR count). The lowest BCUT2D eigenvalue weighted by atomic mass is 9.93. The Labute approximate surface area is 461 Å². The van der Waals surface area contributed by atoms with Crippen LogP contribution in [0.1, 0.15) is 38.9 Å². The van der Waals surface area contributed by atoms with Crippen molar-refractivity contribution in [3.63, 3.8) is 0 Å². The first kappa shape index (κ1) is 49.4. The van der Waals surface area contributed by atoms with Gasteiger partial charge in [-0.05, 0) is 162 Å². The number of alkyl halides is 3. The van der Waals surface area contributed by atoms with Gasteiger partial charge in [-0.15, -0.1) is 0 Å². The molecule has 0 N–H and O–H groups in total. The summed E-state index contributed by atoms with van der Waals surface area (Å²) < 4.78 is 50.2. The standard InChI is InChI=1S/C73H49F3N4/c1-44-5-15-50(16-6-44)54-24-31-67-62(37-54)63-38-55(51-17-7-45(2)8-18-51)25-32-68(63)79(67)71-36-49(43-78)14-29-60(71)61-30-23-58(59-28-13-48(42-77)35-66(59)73(74,75)76)41-72(61)80-69-33-26-56(52-19-9-46(3)10-20-52)39-64(69)65-40-57(27-34-70(65)80)53-21-11-47(4)12-22-53/h5-41H,1-4H3. The molecule has 0 bridgehead atoms. The molecular formula is C73H49F3N4. The second-order valence-corrected chi connectivity index (χ2v) is 21.0. The van der Waals surface area contributed by atoms with E-state index in [1.54, 1.807) is 6.07 Å². The molecule has 0 aliphatic carbocycles. The third-order valence-corrected chi connectivity index (χ3v) is 15.7. The summed E-state index contributed by atoms with van der Waals surface area (Å²) in [5.41, 5.74) is 19.2. The number of aromatic nitrogens is 2. The van der Waals surface area contributed by atoms with E-state index in [9.17, 15) is 10.5 Å². The van der Waals surface area contributed by atoms with Crippen molar-refractivity contribution in [3.8, 4) is 90.3 Å². The van der Waals surface area contributed by atoms with Crippen LogP contribution in [0.3, 0.4) is 0 Å². The van der Waals surface area contributed by atoms with E-state index in [4.69, 9.17) is 0 Å². The fourth-order valence-corrected chi connectivity index (χ4v) is 11.5. The Morgan fingerprint density at radius 1 is 0.300 bits per heavy atom. The predicted molar refractivity (Wildman–Crippen MR) is 321 cm³/mol. The number of fused-ring (bicyclic) bond motifs is 6. The molecule has 0 amide bonds. The van der Waals surface area contributed by atoms with E-state index in [0.29, 0.717) is 16.8 Å². The zero-order valence-corrected chi connectivity index (χ0v) is 44.3. The Bertz CT molecular complexity index is 4510. The third-order valence-electron chi connectivity index (χ3n) is 15.7. The van der Waals surface area contributed by atoms with Crippen molar-refractivity contribution < 1.29 is 13.2 Å². The molecule has 382 valence electrons. The van der Waals surface area contributed by atoms with Crippen LogP contribution in [-0.4, -0.2) is 9.13 Å². The fraction of sp³-hybridized carbons (Fsp3) is 0.0685. The molecule has 80 heavy (non-hydrogen) atoms. The summed E-state index contributed by atoms with van der Waals surface area (Å²) in [7, 11) is 0. The van der Waals surface area contributed by atoms with Gasteiger partial charge in [-0.2, -0.15) is 23.7 Å². The molecule has 0 spiro atoms. The molecule has 0 atom stereocenters. The molecule has 0 unspecified atom stereocenters. The molecular weight excluding hydrogens is 990 g/mol. The minimum atomic E-state index is -4.76. The number of halogens is 3. The molecule has 2 heterocycles. The lowest BCUT2D eigenvalue weighted by Gasteiger charge is -2.21. The van der Waals surface area contributed by atoms with Crippen LogP contribution in [0.5, 0.6) is 0 Å². The Morgan fingerprint density at radius 2 is 0.588 bits per heavy atom. The molecule has 11 aromatic carbocycles. The van der Waals surface area contributed by atoms with Gasteiger partial charge in [-0.25, -0.2) is 0 Å². The number of nitrogens with zero attached hydrogens (tertiary/aromatic N) is 4. The first-order chi connectivity index (χ1) is 38.8. The third kappa shape index (κ3) is 8.67. The maximum Gasteiger partial charge on any atom is 0.417 e. The fourth-order valence-electron chi connectivity index (χ4n) is 11.5. The number of hydrogen-bond acceptors (Lipinski definition) is 2. The van der Waals surface area contributed by atoms with Crippen molar-refractivity contribution in [1.82, 2.24) is 9.13 Å². The first-order valence-electron chi connectivity index (χ1n) is 26.6. The summed E-state index contributed by atoms with van der Waals surface area (Å²) in [6.07, 6.45) is -4.76. The number of nitriles is 2. The minimum Gasteiger partial charge on any atom is -0.309 e. The van der Waals surface area contributed by atoms with Crippen molar-refractivity contribution in [1.29, 1.82) is 10.5 Å². The average Bonchev–Trinajstić information content (AvgIpc) is 4.03. The number of rotatable bonds is 8. The maximum atomic E-state index is 15.3. The Morgan fingerprint density at radius 3 is 0.925 bits per heavy atom. The minimum absolute atomic E-state index is 0.0513. The summed E-state index contributed by atoms with van der Waals surface area (Å²) in [4.78, 5) is 0. The van der Waals surface area contributed by atoms with E-state index in [2.05, 4.69) is 213 Å². The zero-order valence-electron chi connectivity index (χ0n) is 44.3. The second kappa shape index (κ2) is 19.4. The van der Waals surface area contributed by atoms with Crippen LogP contribution in [0.4, 0.5) is 13.2 Å². The van der Waals surface area contributed by atoms with Crippen molar-refractivity contribution in [3.05, 3.63) is 263 Å². The molecule has 2 aromatic heterocycles. The molecule has 13 aromatic rings.